The molecule has 0 atom stereocenters. The van der Waals surface area contributed by atoms with Crippen molar-refractivity contribution in [3.05, 3.63) is 45.6 Å². The molecule has 2 aromatic rings. The second kappa shape index (κ2) is 6.12. The number of nitrogens with zero attached hydrogens (tertiary/aromatic N) is 1. The van der Waals surface area contributed by atoms with Gasteiger partial charge in [0.05, 0.1) is 6.42 Å². The summed E-state index contributed by atoms with van der Waals surface area (Å²) in [4.78, 5) is 12.3. The van der Waals surface area contributed by atoms with E-state index in [0.29, 0.717) is 12.2 Å². The van der Waals surface area contributed by atoms with Crippen LogP contribution in [0, 0.1) is 27.7 Å². The Morgan fingerprint density at radius 1 is 1.19 bits per heavy atom. The van der Waals surface area contributed by atoms with Crippen molar-refractivity contribution in [2.24, 2.45) is 0 Å². The maximum absolute atomic E-state index is 12.3. The minimum absolute atomic E-state index is 0.0256. The number of aromatic nitrogens is 2. The first-order valence-electron chi connectivity index (χ1n) is 7.32. The summed E-state index contributed by atoms with van der Waals surface area (Å²) in [6.07, 6.45) is 1.26. The summed E-state index contributed by atoms with van der Waals surface area (Å²) in [6, 6.07) is 4.23. The van der Waals surface area contributed by atoms with Crippen molar-refractivity contribution in [2.75, 3.05) is 5.32 Å². The second-order valence-corrected chi connectivity index (χ2v) is 5.63. The molecule has 0 saturated carbocycles. The van der Waals surface area contributed by atoms with Crippen LogP contribution in [0.5, 0.6) is 0 Å². The average Bonchev–Trinajstić information content (AvgIpc) is 2.75. The predicted molar refractivity (Wildman–Crippen MR) is 85.7 cm³/mol. The van der Waals surface area contributed by atoms with E-state index in [-0.39, 0.29) is 5.91 Å². The van der Waals surface area contributed by atoms with E-state index >= 15 is 0 Å². The third kappa shape index (κ3) is 3.32. The summed E-state index contributed by atoms with van der Waals surface area (Å²) in [5.41, 5.74) is 6.73. The van der Waals surface area contributed by atoms with Crippen molar-refractivity contribution >= 4 is 11.7 Å². The highest BCUT2D eigenvalue weighted by Crippen LogP contribution is 2.19. The molecule has 0 fully saturated rings. The molecule has 2 N–H and O–H groups in total. The molecule has 1 aromatic heterocycles. The number of carbonyl (C=O) groups is 1. The van der Waals surface area contributed by atoms with Crippen LogP contribution < -0.4 is 5.32 Å². The Morgan fingerprint density at radius 2 is 1.81 bits per heavy atom. The van der Waals surface area contributed by atoms with Crippen LogP contribution in [-0.4, -0.2) is 16.1 Å². The van der Waals surface area contributed by atoms with Gasteiger partial charge in [0.25, 0.3) is 0 Å². The normalized spacial score (nSPS) is 10.7. The number of aryl methyl sites for hydroxylation is 4. The maximum Gasteiger partial charge on any atom is 0.230 e. The third-order valence-electron chi connectivity index (χ3n) is 3.90. The number of carbonyl (C=O) groups excluding carboxylic acids is 1. The molecule has 0 radical (unpaired) electrons. The lowest BCUT2D eigenvalue weighted by Crippen LogP contribution is -2.16. The standard InChI is InChI=1S/C17H23N3O/c1-6-15-13(5)17(20-19-15)18-16(21)9-14-11(3)7-10(2)8-12(14)4/h7-8H,6,9H2,1-5H3,(H2,18,19,20,21). The van der Waals surface area contributed by atoms with E-state index in [9.17, 15) is 4.79 Å². The Balaban J connectivity index is 2.14. The molecule has 0 saturated heterocycles. The summed E-state index contributed by atoms with van der Waals surface area (Å²) >= 11 is 0. The molecule has 0 aliphatic carbocycles. The van der Waals surface area contributed by atoms with Gasteiger partial charge in [0.15, 0.2) is 5.82 Å². The first-order valence-corrected chi connectivity index (χ1v) is 7.32. The van der Waals surface area contributed by atoms with Gasteiger partial charge >= 0.3 is 0 Å². The maximum atomic E-state index is 12.3. The monoisotopic (exact) mass is 285 g/mol. The Kier molecular flexibility index (Phi) is 4.46. The predicted octanol–water partition coefficient (Wildman–Crippen LogP) is 3.39. The van der Waals surface area contributed by atoms with E-state index in [2.05, 4.69) is 55.3 Å². The van der Waals surface area contributed by atoms with E-state index in [4.69, 9.17) is 0 Å². The highest BCUT2D eigenvalue weighted by molar-refractivity contribution is 5.92. The average molecular weight is 285 g/mol. The minimum atomic E-state index is -0.0256. The second-order valence-electron chi connectivity index (χ2n) is 5.63. The zero-order valence-electron chi connectivity index (χ0n) is 13.4. The van der Waals surface area contributed by atoms with E-state index in [1.165, 1.54) is 5.56 Å². The van der Waals surface area contributed by atoms with Gasteiger partial charge < -0.3 is 5.32 Å². The van der Waals surface area contributed by atoms with Gasteiger partial charge in [0.2, 0.25) is 5.91 Å². The molecule has 0 aliphatic rings. The van der Waals surface area contributed by atoms with Crippen molar-refractivity contribution < 1.29 is 4.79 Å². The Hall–Kier alpha value is -2.10. The van der Waals surface area contributed by atoms with Gasteiger partial charge in [-0.2, -0.15) is 5.10 Å². The highest BCUT2D eigenvalue weighted by Gasteiger charge is 2.13. The van der Waals surface area contributed by atoms with Crippen molar-refractivity contribution in [1.29, 1.82) is 0 Å². The smallest absolute Gasteiger partial charge is 0.230 e. The molecule has 0 aliphatic heterocycles. The number of hydrogen-bond donors (Lipinski definition) is 2. The van der Waals surface area contributed by atoms with Crippen LogP contribution in [0.25, 0.3) is 0 Å². The van der Waals surface area contributed by atoms with Gasteiger partial charge in [-0.25, -0.2) is 0 Å². The quantitative estimate of drug-likeness (QED) is 0.904. The Morgan fingerprint density at radius 3 is 2.33 bits per heavy atom. The zero-order chi connectivity index (χ0) is 15.6. The van der Waals surface area contributed by atoms with Gasteiger partial charge in [-0.05, 0) is 50.8 Å². The summed E-state index contributed by atoms with van der Waals surface area (Å²) < 4.78 is 0. The van der Waals surface area contributed by atoms with Crippen LogP contribution in [0.1, 0.15) is 40.4 Å². The number of benzene rings is 1. The van der Waals surface area contributed by atoms with E-state index in [1.807, 2.05) is 6.92 Å². The zero-order valence-corrected chi connectivity index (χ0v) is 13.4. The van der Waals surface area contributed by atoms with Crippen molar-refractivity contribution in [1.82, 2.24) is 10.2 Å². The number of hydrogen-bond acceptors (Lipinski definition) is 2. The van der Waals surface area contributed by atoms with E-state index in [1.54, 1.807) is 0 Å². The lowest BCUT2D eigenvalue weighted by atomic mass is 9.97. The molecular formula is C17H23N3O. The minimum Gasteiger partial charge on any atom is -0.309 e. The van der Waals surface area contributed by atoms with Crippen molar-refractivity contribution in [3.8, 4) is 0 Å². The first-order chi connectivity index (χ1) is 9.92. The molecule has 4 nitrogen and oxygen atoms in total. The molecule has 0 bridgehead atoms. The van der Waals surface area contributed by atoms with E-state index < -0.39 is 0 Å². The fourth-order valence-electron chi connectivity index (χ4n) is 2.73. The highest BCUT2D eigenvalue weighted by atomic mass is 16.1. The summed E-state index contributed by atoms with van der Waals surface area (Å²) in [5.74, 6) is 0.613. The molecule has 1 heterocycles. The number of H-pyrrole nitrogens is 1. The topological polar surface area (TPSA) is 57.8 Å². The van der Waals surface area contributed by atoms with Crippen molar-refractivity contribution in [3.63, 3.8) is 0 Å². The van der Waals surface area contributed by atoms with Gasteiger partial charge in [0.1, 0.15) is 0 Å². The molecule has 0 unspecified atom stereocenters. The molecule has 112 valence electrons. The molecular weight excluding hydrogens is 262 g/mol. The number of rotatable bonds is 4. The van der Waals surface area contributed by atoms with Crippen LogP contribution in [0.4, 0.5) is 5.82 Å². The van der Waals surface area contributed by atoms with E-state index in [0.717, 1.165) is 34.4 Å². The van der Waals surface area contributed by atoms with Gasteiger partial charge in [-0.1, -0.05) is 24.6 Å². The molecule has 2 rings (SSSR count). The fourth-order valence-corrected chi connectivity index (χ4v) is 2.73. The summed E-state index contributed by atoms with van der Waals surface area (Å²) in [7, 11) is 0. The molecule has 4 heteroatoms. The molecule has 1 aromatic carbocycles. The molecule has 21 heavy (non-hydrogen) atoms. The Bertz CT molecular complexity index is 648. The molecule has 1 amide bonds. The van der Waals surface area contributed by atoms with Crippen LogP contribution in [-0.2, 0) is 17.6 Å². The Labute approximate surface area is 126 Å². The summed E-state index contributed by atoms with van der Waals surface area (Å²) in [5, 5.41) is 10.0. The van der Waals surface area contributed by atoms with Gasteiger partial charge in [0, 0.05) is 11.3 Å². The van der Waals surface area contributed by atoms with Crippen LogP contribution >= 0.6 is 0 Å². The van der Waals surface area contributed by atoms with Crippen LogP contribution in [0.2, 0.25) is 0 Å². The SMILES string of the molecule is CCc1[nH]nc(NC(=O)Cc2c(C)cc(C)cc2C)c1C. The largest absolute Gasteiger partial charge is 0.309 e. The van der Waals surface area contributed by atoms with Gasteiger partial charge in [-0.15, -0.1) is 0 Å². The lowest BCUT2D eigenvalue weighted by Gasteiger charge is -2.11. The van der Waals surface area contributed by atoms with Gasteiger partial charge in [-0.3, -0.25) is 9.89 Å². The number of anilines is 1. The number of aromatic amines is 1. The first kappa shape index (κ1) is 15.3. The number of nitrogens with one attached hydrogen (secondary N) is 2. The van der Waals surface area contributed by atoms with Crippen molar-refractivity contribution in [2.45, 2.75) is 47.5 Å². The van der Waals surface area contributed by atoms with Crippen LogP contribution in [0.3, 0.4) is 0 Å². The van der Waals surface area contributed by atoms with Crippen LogP contribution in [0.15, 0.2) is 12.1 Å². The number of amides is 1. The summed E-state index contributed by atoms with van der Waals surface area (Å²) in [6.45, 7) is 10.2. The third-order valence-corrected chi connectivity index (χ3v) is 3.90. The molecule has 0 spiro atoms. The lowest BCUT2D eigenvalue weighted by molar-refractivity contribution is -0.115. The fraction of sp³-hybridized carbons (Fsp3) is 0.412.